The lowest BCUT2D eigenvalue weighted by Crippen LogP contribution is -2.60. The lowest BCUT2D eigenvalue weighted by Gasteiger charge is -2.39. The van der Waals surface area contributed by atoms with Gasteiger partial charge in [0.15, 0.2) is 12.4 Å². The first kappa shape index (κ1) is 13.3. The van der Waals surface area contributed by atoms with E-state index in [4.69, 9.17) is 9.84 Å². The summed E-state index contributed by atoms with van der Waals surface area (Å²) in [6.45, 7) is 3.35. The minimum absolute atomic E-state index is 0.300. The van der Waals surface area contributed by atoms with E-state index >= 15 is 0 Å². The van der Waals surface area contributed by atoms with Crippen LogP contribution in [0.3, 0.4) is 0 Å². The van der Waals surface area contributed by atoms with Crippen molar-refractivity contribution < 1.29 is 34.7 Å². The van der Waals surface area contributed by atoms with Crippen LogP contribution in [0.1, 0.15) is 13.8 Å². The number of carboxylic acid groups (broad SMARTS) is 1. The second kappa shape index (κ2) is 5.07. The van der Waals surface area contributed by atoms with Gasteiger partial charge < -0.3 is 29.9 Å². The van der Waals surface area contributed by atoms with Crippen molar-refractivity contribution in [1.82, 2.24) is 0 Å². The Balaban J connectivity index is 2.75. The minimum Gasteiger partial charge on any atom is -0.479 e. The highest BCUT2D eigenvalue weighted by atomic mass is 16.7. The van der Waals surface area contributed by atoms with Crippen molar-refractivity contribution in [3.05, 3.63) is 0 Å². The van der Waals surface area contributed by atoms with Crippen LogP contribution in [0, 0.1) is 0 Å². The van der Waals surface area contributed by atoms with Crippen molar-refractivity contribution >= 4 is 5.97 Å². The molecular weight excluding hydrogens is 220 g/mol. The number of hydrogen-bond donors (Lipinski definition) is 4. The third kappa shape index (κ3) is 2.69. The number of rotatable bonds is 3. The minimum atomic E-state index is -1.66. The summed E-state index contributed by atoms with van der Waals surface area (Å²) in [6.07, 6.45) is -7.84. The van der Waals surface area contributed by atoms with E-state index in [2.05, 4.69) is 4.74 Å². The van der Waals surface area contributed by atoms with Crippen LogP contribution in [0.2, 0.25) is 0 Å². The monoisotopic (exact) mass is 236 g/mol. The molecule has 7 heteroatoms. The molecule has 0 amide bonds. The molecule has 7 nitrogen and oxygen atoms in total. The molecule has 0 radical (unpaired) electrons. The van der Waals surface area contributed by atoms with E-state index in [9.17, 15) is 20.1 Å². The first-order valence-electron chi connectivity index (χ1n) is 4.92. The molecule has 1 aliphatic rings. The second-order valence-corrected chi connectivity index (χ2v) is 3.92. The molecule has 1 heterocycles. The zero-order valence-electron chi connectivity index (χ0n) is 8.98. The van der Waals surface area contributed by atoms with Gasteiger partial charge in [-0.25, -0.2) is 4.79 Å². The molecule has 1 fully saturated rings. The Labute approximate surface area is 92.2 Å². The van der Waals surface area contributed by atoms with Crippen molar-refractivity contribution in [3.63, 3.8) is 0 Å². The van der Waals surface area contributed by atoms with Gasteiger partial charge in [-0.2, -0.15) is 0 Å². The Morgan fingerprint density at radius 2 is 1.81 bits per heavy atom. The molecule has 1 saturated heterocycles. The molecule has 0 aromatic rings. The predicted molar refractivity (Wildman–Crippen MR) is 50.5 cm³/mol. The highest BCUT2D eigenvalue weighted by Crippen LogP contribution is 2.23. The van der Waals surface area contributed by atoms with Crippen LogP contribution in [-0.4, -0.2) is 63.2 Å². The fourth-order valence-electron chi connectivity index (χ4n) is 1.52. The fourth-order valence-corrected chi connectivity index (χ4v) is 1.52. The largest absolute Gasteiger partial charge is 0.479 e. The van der Waals surface area contributed by atoms with Gasteiger partial charge in [-0.1, -0.05) is 0 Å². The third-order valence-electron chi connectivity index (χ3n) is 2.24. The molecule has 16 heavy (non-hydrogen) atoms. The summed E-state index contributed by atoms with van der Waals surface area (Å²) in [6, 6.07) is 0. The molecule has 0 aromatic carbocycles. The molecule has 0 spiro atoms. The maximum absolute atomic E-state index is 10.6. The normalized spacial score (nSPS) is 40.0. The van der Waals surface area contributed by atoms with Gasteiger partial charge in [-0.3, -0.25) is 0 Å². The molecule has 0 saturated carbocycles. The molecule has 0 aromatic heterocycles. The highest BCUT2D eigenvalue weighted by molar-refractivity contribution is 5.73. The van der Waals surface area contributed by atoms with E-state index in [1.165, 1.54) is 0 Å². The summed E-state index contributed by atoms with van der Waals surface area (Å²) in [4.78, 5) is 10.6. The van der Waals surface area contributed by atoms with Crippen molar-refractivity contribution in [2.75, 3.05) is 0 Å². The van der Waals surface area contributed by atoms with Crippen molar-refractivity contribution in [2.24, 2.45) is 0 Å². The van der Waals surface area contributed by atoms with Gasteiger partial charge in [0, 0.05) is 0 Å². The maximum Gasteiger partial charge on any atom is 0.335 e. The number of hydrogen-bond acceptors (Lipinski definition) is 6. The summed E-state index contributed by atoms with van der Waals surface area (Å²) >= 11 is 0. The summed E-state index contributed by atoms with van der Waals surface area (Å²) in [5.74, 6) is -1.45. The van der Waals surface area contributed by atoms with Gasteiger partial charge in [-0.15, -0.1) is 0 Å². The Morgan fingerprint density at radius 3 is 2.25 bits per heavy atom. The predicted octanol–water partition coefficient (Wildman–Crippen LogP) is -1.70. The number of carboxylic acids is 1. The van der Waals surface area contributed by atoms with Gasteiger partial charge in [0.2, 0.25) is 0 Å². The van der Waals surface area contributed by atoms with Crippen LogP contribution in [0.25, 0.3) is 0 Å². The molecule has 0 bridgehead atoms. The van der Waals surface area contributed by atoms with E-state index in [0.717, 1.165) is 0 Å². The standard InChI is InChI=1S/C9H16O7/c1-3(2)15-7-5(11)4(10)6(8(12)13)16-9(7)14/h3-7,9-11,14H,1-2H3,(H,12,13)/t4-,5-,6-,7+,9-/m0/s1. The third-order valence-corrected chi connectivity index (χ3v) is 2.24. The second-order valence-electron chi connectivity index (χ2n) is 3.92. The quantitative estimate of drug-likeness (QED) is 0.461. The van der Waals surface area contributed by atoms with Crippen LogP contribution in [0.5, 0.6) is 0 Å². The lowest BCUT2D eigenvalue weighted by atomic mass is 9.99. The van der Waals surface area contributed by atoms with Gasteiger partial charge in [-0.05, 0) is 13.8 Å². The van der Waals surface area contributed by atoms with Crippen LogP contribution in [0.15, 0.2) is 0 Å². The number of aliphatic hydroxyl groups excluding tert-OH is 3. The number of ether oxygens (including phenoxy) is 2. The summed E-state index contributed by atoms with van der Waals surface area (Å²) < 4.78 is 9.80. The lowest BCUT2D eigenvalue weighted by molar-refractivity contribution is -0.294. The fraction of sp³-hybridized carbons (Fsp3) is 0.889. The van der Waals surface area contributed by atoms with Gasteiger partial charge in [0.1, 0.15) is 18.3 Å². The van der Waals surface area contributed by atoms with Crippen LogP contribution < -0.4 is 0 Å². The van der Waals surface area contributed by atoms with Crippen molar-refractivity contribution in [3.8, 4) is 0 Å². The Morgan fingerprint density at radius 1 is 1.25 bits per heavy atom. The zero-order valence-corrected chi connectivity index (χ0v) is 8.98. The topological polar surface area (TPSA) is 116 Å². The van der Waals surface area contributed by atoms with Crippen molar-refractivity contribution in [1.29, 1.82) is 0 Å². The molecule has 0 aliphatic carbocycles. The van der Waals surface area contributed by atoms with Gasteiger partial charge in [0.25, 0.3) is 0 Å². The molecule has 1 rings (SSSR count). The van der Waals surface area contributed by atoms with Crippen molar-refractivity contribution in [2.45, 2.75) is 50.7 Å². The number of aliphatic hydroxyl groups is 3. The highest BCUT2D eigenvalue weighted by Gasteiger charge is 2.47. The average molecular weight is 236 g/mol. The summed E-state index contributed by atoms with van der Waals surface area (Å²) in [5.41, 5.74) is 0. The molecular formula is C9H16O7. The maximum atomic E-state index is 10.6. The SMILES string of the molecule is CC(C)O[C@@H]1[C@@H](O)[C@H](O)[C@@H](C(=O)O)O[C@@H]1O. The molecule has 94 valence electrons. The molecule has 0 unspecified atom stereocenters. The number of aliphatic carboxylic acids is 1. The van der Waals surface area contributed by atoms with E-state index in [1.54, 1.807) is 13.8 Å². The van der Waals surface area contributed by atoms with E-state index < -0.39 is 36.7 Å². The van der Waals surface area contributed by atoms with E-state index in [1.807, 2.05) is 0 Å². The first-order valence-corrected chi connectivity index (χ1v) is 4.92. The zero-order chi connectivity index (χ0) is 12.5. The van der Waals surface area contributed by atoms with Crippen LogP contribution in [-0.2, 0) is 14.3 Å². The molecule has 1 aliphatic heterocycles. The summed E-state index contributed by atoms with van der Waals surface area (Å²) in [7, 11) is 0. The van der Waals surface area contributed by atoms with Gasteiger partial charge in [0.05, 0.1) is 6.10 Å². The van der Waals surface area contributed by atoms with Crippen LogP contribution >= 0.6 is 0 Å². The van der Waals surface area contributed by atoms with E-state index in [0.29, 0.717) is 0 Å². The van der Waals surface area contributed by atoms with Crippen LogP contribution in [0.4, 0.5) is 0 Å². The Bertz CT molecular complexity index is 254. The Hall–Kier alpha value is -0.730. The first-order chi connectivity index (χ1) is 7.34. The number of carbonyl (C=O) groups is 1. The van der Waals surface area contributed by atoms with E-state index in [-0.39, 0.29) is 6.10 Å². The molecule has 4 N–H and O–H groups in total. The molecule has 5 atom stereocenters. The Kier molecular flexibility index (Phi) is 4.22. The smallest absolute Gasteiger partial charge is 0.335 e. The average Bonchev–Trinajstić information content (AvgIpc) is 2.17. The van der Waals surface area contributed by atoms with Gasteiger partial charge >= 0.3 is 5.97 Å². The summed E-state index contributed by atoms with van der Waals surface area (Å²) in [5, 5.41) is 37.2.